The summed E-state index contributed by atoms with van der Waals surface area (Å²) >= 11 is 0. The number of carbonyl (C=O) groups excluding carboxylic acids is 1. The molecule has 1 N–H and O–H groups in total. The summed E-state index contributed by atoms with van der Waals surface area (Å²) in [5, 5.41) is 3.04. The van der Waals surface area contributed by atoms with E-state index >= 15 is 0 Å². The van der Waals surface area contributed by atoms with Crippen LogP contribution in [0.2, 0.25) is 0 Å². The van der Waals surface area contributed by atoms with Crippen molar-refractivity contribution in [2.75, 3.05) is 13.1 Å². The molecule has 0 radical (unpaired) electrons. The molecular weight excluding hydrogens is 266 g/mol. The van der Waals surface area contributed by atoms with E-state index in [2.05, 4.69) is 5.32 Å². The molecular formula is C14H14F2N2O2. The Labute approximate surface area is 114 Å². The van der Waals surface area contributed by atoms with Gasteiger partial charge in [0.1, 0.15) is 17.9 Å². The molecule has 0 aromatic heterocycles. The zero-order valence-corrected chi connectivity index (χ0v) is 10.7. The Bertz CT molecular complexity index is 568. The van der Waals surface area contributed by atoms with Gasteiger partial charge >= 0.3 is 0 Å². The van der Waals surface area contributed by atoms with Crippen molar-refractivity contribution in [2.24, 2.45) is 0 Å². The van der Waals surface area contributed by atoms with Crippen LogP contribution < -0.4 is 5.32 Å². The molecule has 0 saturated carbocycles. The Morgan fingerprint density at radius 1 is 1.20 bits per heavy atom. The second kappa shape index (κ2) is 3.99. The Morgan fingerprint density at radius 3 is 2.50 bits per heavy atom. The summed E-state index contributed by atoms with van der Waals surface area (Å²) in [5.74, 6) is -1.29. The molecule has 20 heavy (non-hydrogen) atoms. The number of hydrogen-bond acceptors (Lipinski definition) is 3. The van der Waals surface area contributed by atoms with E-state index in [4.69, 9.17) is 4.74 Å². The van der Waals surface area contributed by atoms with Gasteiger partial charge in [-0.15, -0.1) is 0 Å². The number of amides is 1. The van der Waals surface area contributed by atoms with Crippen LogP contribution in [-0.2, 0) is 9.53 Å². The fourth-order valence-electron chi connectivity index (χ4n) is 3.39. The third-order valence-electron chi connectivity index (χ3n) is 4.41. The highest BCUT2D eigenvalue weighted by Gasteiger charge is 2.60. The van der Waals surface area contributed by atoms with Crippen molar-refractivity contribution in [3.63, 3.8) is 0 Å². The maximum atomic E-state index is 13.4. The molecule has 1 aromatic carbocycles. The number of hydrogen-bond donors (Lipinski definition) is 1. The molecule has 0 bridgehead atoms. The fourth-order valence-corrected chi connectivity index (χ4v) is 3.39. The first kappa shape index (κ1) is 12.2. The maximum absolute atomic E-state index is 13.4. The first-order valence-electron chi connectivity index (χ1n) is 6.76. The summed E-state index contributed by atoms with van der Waals surface area (Å²) < 4.78 is 32.6. The van der Waals surface area contributed by atoms with E-state index in [1.807, 2.05) is 0 Å². The lowest BCUT2D eigenvalue weighted by Crippen LogP contribution is -2.64. The SMILES string of the molecule is O=C1N2C(CCC2c2cc(F)cc(F)c2)OC12CNC2. The van der Waals surface area contributed by atoms with Gasteiger partial charge in [-0.25, -0.2) is 8.78 Å². The van der Waals surface area contributed by atoms with Gasteiger partial charge in [-0.3, -0.25) is 4.79 Å². The molecule has 3 saturated heterocycles. The molecule has 4 nitrogen and oxygen atoms in total. The van der Waals surface area contributed by atoms with E-state index in [0.717, 1.165) is 6.07 Å². The maximum Gasteiger partial charge on any atom is 0.260 e. The number of halogens is 2. The zero-order chi connectivity index (χ0) is 13.9. The van der Waals surface area contributed by atoms with E-state index in [0.29, 0.717) is 31.5 Å². The van der Waals surface area contributed by atoms with Gasteiger partial charge in [0, 0.05) is 19.2 Å². The Balaban J connectivity index is 1.68. The smallest absolute Gasteiger partial charge is 0.260 e. The van der Waals surface area contributed by atoms with Crippen molar-refractivity contribution in [2.45, 2.75) is 30.7 Å². The lowest BCUT2D eigenvalue weighted by Gasteiger charge is -2.36. The summed E-state index contributed by atoms with van der Waals surface area (Å²) in [6.07, 6.45) is 1.11. The Hall–Kier alpha value is -1.53. The zero-order valence-electron chi connectivity index (χ0n) is 10.7. The van der Waals surface area contributed by atoms with E-state index in [1.54, 1.807) is 4.90 Å². The number of nitrogens with one attached hydrogen (secondary N) is 1. The fraction of sp³-hybridized carbons (Fsp3) is 0.500. The normalized spacial score (nSPS) is 30.7. The summed E-state index contributed by atoms with van der Waals surface area (Å²) in [6, 6.07) is 3.15. The molecule has 2 atom stereocenters. The lowest BCUT2D eigenvalue weighted by atomic mass is 9.94. The number of fused-ring (bicyclic) bond motifs is 1. The topological polar surface area (TPSA) is 41.6 Å². The van der Waals surface area contributed by atoms with Crippen LogP contribution in [0.15, 0.2) is 18.2 Å². The molecule has 1 aromatic rings. The predicted molar refractivity (Wildman–Crippen MR) is 65.7 cm³/mol. The summed E-state index contributed by atoms with van der Waals surface area (Å²) in [5.41, 5.74) is -0.235. The van der Waals surface area contributed by atoms with Crippen molar-refractivity contribution in [1.29, 1.82) is 0 Å². The minimum absolute atomic E-state index is 0.0616. The monoisotopic (exact) mass is 280 g/mol. The van der Waals surface area contributed by atoms with Gasteiger partial charge in [0.25, 0.3) is 5.91 Å². The van der Waals surface area contributed by atoms with Crippen molar-refractivity contribution >= 4 is 5.91 Å². The van der Waals surface area contributed by atoms with E-state index in [9.17, 15) is 13.6 Å². The van der Waals surface area contributed by atoms with Gasteiger partial charge in [0.2, 0.25) is 0 Å². The molecule has 6 heteroatoms. The molecule has 1 spiro atoms. The van der Waals surface area contributed by atoms with Crippen LogP contribution in [0.4, 0.5) is 8.78 Å². The molecule has 3 heterocycles. The van der Waals surface area contributed by atoms with Gasteiger partial charge < -0.3 is 15.0 Å². The Kier molecular flexibility index (Phi) is 2.44. The average Bonchev–Trinajstić information content (AvgIpc) is 2.85. The number of rotatable bonds is 1. The van der Waals surface area contributed by atoms with Gasteiger partial charge in [-0.1, -0.05) is 0 Å². The van der Waals surface area contributed by atoms with Crippen molar-refractivity contribution in [3.8, 4) is 0 Å². The third kappa shape index (κ3) is 1.55. The number of benzene rings is 1. The van der Waals surface area contributed by atoms with Crippen LogP contribution in [0, 0.1) is 11.6 Å². The predicted octanol–water partition coefficient (Wildman–Crippen LogP) is 1.33. The van der Waals surface area contributed by atoms with Crippen LogP contribution in [0.25, 0.3) is 0 Å². The van der Waals surface area contributed by atoms with Crippen LogP contribution in [0.3, 0.4) is 0 Å². The first-order valence-corrected chi connectivity index (χ1v) is 6.76. The minimum Gasteiger partial charge on any atom is -0.339 e. The van der Waals surface area contributed by atoms with Gasteiger partial charge in [0.15, 0.2) is 5.60 Å². The van der Waals surface area contributed by atoms with Crippen molar-refractivity contribution in [3.05, 3.63) is 35.4 Å². The molecule has 106 valence electrons. The van der Waals surface area contributed by atoms with Crippen LogP contribution in [-0.4, -0.2) is 35.7 Å². The average molecular weight is 280 g/mol. The highest BCUT2D eigenvalue weighted by atomic mass is 19.1. The Morgan fingerprint density at radius 2 is 1.90 bits per heavy atom. The molecule has 1 amide bonds. The molecule has 3 fully saturated rings. The molecule has 0 aliphatic carbocycles. The second-order valence-corrected chi connectivity index (χ2v) is 5.68. The second-order valence-electron chi connectivity index (χ2n) is 5.68. The van der Waals surface area contributed by atoms with Crippen molar-refractivity contribution < 1.29 is 18.3 Å². The highest BCUT2D eigenvalue weighted by Crippen LogP contribution is 2.45. The van der Waals surface area contributed by atoms with E-state index in [1.165, 1.54) is 12.1 Å². The van der Waals surface area contributed by atoms with E-state index < -0.39 is 17.2 Å². The molecule has 3 aliphatic heterocycles. The first-order chi connectivity index (χ1) is 9.59. The van der Waals surface area contributed by atoms with Crippen LogP contribution in [0.5, 0.6) is 0 Å². The van der Waals surface area contributed by atoms with Gasteiger partial charge in [-0.2, -0.15) is 0 Å². The lowest BCUT2D eigenvalue weighted by molar-refractivity contribution is -0.143. The standard InChI is InChI=1S/C14H14F2N2O2/c15-9-3-8(4-10(16)5-9)11-1-2-12-18(11)13(19)14(20-12)6-17-7-14/h3-5,11-12,17H,1-2,6-7H2. The van der Waals surface area contributed by atoms with Gasteiger partial charge in [-0.05, 0) is 30.5 Å². The molecule has 2 unspecified atom stereocenters. The summed E-state index contributed by atoms with van der Waals surface area (Å²) in [6.45, 7) is 1.03. The van der Waals surface area contributed by atoms with Gasteiger partial charge in [0.05, 0.1) is 6.04 Å². The van der Waals surface area contributed by atoms with Crippen LogP contribution in [0.1, 0.15) is 24.4 Å². The number of nitrogens with zero attached hydrogens (tertiary/aromatic N) is 1. The third-order valence-corrected chi connectivity index (χ3v) is 4.41. The number of carbonyl (C=O) groups is 1. The molecule has 4 rings (SSSR count). The molecule has 3 aliphatic rings. The van der Waals surface area contributed by atoms with E-state index in [-0.39, 0.29) is 18.2 Å². The van der Waals surface area contributed by atoms with Crippen molar-refractivity contribution in [1.82, 2.24) is 10.2 Å². The highest BCUT2D eigenvalue weighted by molar-refractivity contribution is 5.89. The summed E-state index contributed by atoms with van der Waals surface area (Å²) in [7, 11) is 0. The van der Waals surface area contributed by atoms with Crippen LogP contribution >= 0.6 is 0 Å². The largest absolute Gasteiger partial charge is 0.339 e. The summed E-state index contributed by atoms with van der Waals surface area (Å²) in [4.78, 5) is 14.2. The minimum atomic E-state index is -0.741. The number of ether oxygens (including phenoxy) is 1. The quantitative estimate of drug-likeness (QED) is 0.843.